The summed E-state index contributed by atoms with van der Waals surface area (Å²) in [4.78, 5) is 12.1. The van der Waals surface area contributed by atoms with Crippen LogP contribution in [0.3, 0.4) is 0 Å². The normalized spacial score (nSPS) is 10.7. The number of carbonyl (C=O) groups is 1. The van der Waals surface area contributed by atoms with E-state index >= 15 is 0 Å². The fraction of sp³-hybridized carbons (Fsp3) is 0.435. The van der Waals surface area contributed by atoms with Crippen LogP contribution in [0.2, 0.25) is 0 Å². The monoisotopic (exact) mass is 375 g/mol. The van der Waals surface area contributed by atoms with E-state index < -0.39 is 0 Å². The fourth-order valence-corrected chi connectivity index (χ4v) is 2.42. The Morgan fingerprint density at radius 1 is 1.04 bits per heavy atom. The van der Waals surface area contributed by atoms with E-state index in [4.69, 9.17) is 9.84 Å². The Labute approximate surface area is 166 Å². The number of rotatable bonds is 6. The Balaban J connectivity index is 0. The lowest BCUT2D eigenvalue weighted by atomic mass is 9.96. The van der Waals surface area contributed by atoms with Crippen LogP contribution >= 0.6 is 0 Å². The minimum Gasteiger partial charge on any atom is -0.446 e. The third kappa shape index (κ3) is 9.80. The van der Waals surface area contributed by atoms with Gasteiger partial charge >= 0.3 is 6.09 Å². The summed E-state index contributed by atoms with van der Waals surface area (Å²) in [5.41, 5.74) is 3.51. The van der Waals surface area contributed by atoms with Gasteiger partial charge in [0, 0.05) is 21.5 Å². The first-order chi connectivity index (χ1) is 13.1. The van der Waals surface area contributed by atoms with Gasteiger partial charge in [-0.1, -0.05) is 82.3 Å². The van der Waals surface area contributed by atoms with Crippen LogP contribution in [0.4, 0.5) is 4.79 Å². The highest BCUT2D eigenvalue weighted by Gasteiger charge is 2.19. The summed E-state index contributed by atoms with van der Waals surface area (Å²) in [6, 6.07) is 18.1. The summed E-state index contributed by atoms with van der Waals surface area (Å²) in [5, 5.41) is 9.82. The molecule has 2 N–H and O–H groups in total. The van der Waals surface area contributed by atoms with Gasteiger partial charge in [0.15, 0.2) is 0 Å². The Kier molecular flexibility index (Phi) is 13.5. The number of amides is 1. The summed E-state index contributed by atoms with van der Waals surface area (Å²) in [6.45, 7) is 10.7. The van der Waals surface area contributed by atoms with Crippen LogP contribution in [0, 0.1) is 12.8 Å². The summed E-state index contributed by atoms with van der Waals surface area (Å²) in [7, 11) is 1.00. The molecule has 0 aromatic heterocycles. The van der Waals surface area contributed by atoms with Crippen molar-refractivity contribution in [2.45, 2.75) is 53.7 Å². The van der Waals surface area contributed by atoms with Crippen LogP contribution < -0.4 is 5.32 Å². The molecular formula is C23H37NO3. The third-order valence-corrected chi connectivity index (χ3v) is 3.96. The topological polar surface area (TPSA) is 58.6 Å². The molecule has 0 aliphatic rings. The molecule has 0 heterocycles. The second-order valence-electron chi connectivity index (χ2n) is 6.16. The molecular weight excluding hydrogens is 338 g/mol. The minimum atomic E-state index is -0.360. The maximum Gasteiger partial charge on any atom is 0.407 e. The number of aryl methyl sites for hydroxylation is 1. The number of hydrogen-bond acceptors (Lipinski definition) is 3. The number of aliphatic hydroxyl groups is 1. The highest BCUT2D eigenvalue weighted by atomic mass is 16.6. The first-order valence-electron chi connectivity index (χ1n) is 9.54. The van der Waals surface area contributed by atoms with E-state index in [-0.39, 0.29) is 19.5 Å². The number of nitrogens with one attached hydrogen (secondary N) is 1. The zero-order valence-corrected chi connectivity index (χ0v) is 17.5. The Morgan fingerprint density at radius 3 is 2.15 bits per heavy atom. The van der Waals surface area contributed by atoms with Crippen molar-refractivity contribution < 1.29 is 16.1 Å². The van der Waals surface area contributed by atoms with Crippen molar-refractivity contribution in [3.8, 4) is 0 Å². The van der Waals surface area contributed by atoms with Crippen molar-refractivity contribution in [1.29, 1.82) is 0 Å². The van der Waals surface area contributed by atoms with E-state index in [0.717, 1.165) is 19.1 Å². The predicted molar refractivity (Wildman–Crippen MR) is 115 cm³/mol. The molecule has 4 heteroatoms. The molecule has 0 aliphatic carbocycles. The minimum absolute atomic E-state index is 0. The average Bonchev–Trinajstić information content (AvgIpc) is 2.71. The second-order valence-corrected chi connectivity index (χ2v) is 6.16. The fourth-order valence-electron chi connectivity index (χ4n) is 2.42. The number of benzene rings is 2. The van der Waals surface area contributed by atoms with Crippen LogP contribution in [0.15, 0.2) is 54.6 Å². The first-order valence-corrected chi connectivity index (χ1v) is 9.54. The summed E-state index contributed by atoms with van der Waals surface area (Å²) >= 11 is 0. The maximum atomic E-state index is 12.1. The molecule has 2 aromatic rings. The molecule has 0 spiro atoms. The van der Waals surface area contributed by atoms with Gasteiger partial charge in [-0.05, 0) is 29.5 Å². The van der Waals surface area contributed by atoms with Crippen molar-refractivity contribution in [3.05, 3.63) is 71.3 Å². The van der Waals surface area contributed by atoms with Gasteiger partial charge in [0.1, 0.15) is 6.10 Å². The van der Waals surface area contributed by atoms with Crippen molar-refractivity contribution in [1.82, 2.24) is 5.32 Å². The zero-order chi connectivity index (χ0) is 20.7. The standard InChI is InChI=1S/C20H25NO2.C2H6.CH4O.H2/c1-15(2)19(13-18-12-8-7-9-16(18)3)23-20(22)21-14-17-10-5-4-6-11-17;2*1-2;/h4-12,15,19H,13-14H2,1-3H3,(H,21,22);1-2H3;2H,1H3;1H/t19-;;;/m1.../s1. The lowest BCUT2D eigenvalue weighted by molar-refractivity contribution is 0.0708. The molecule has 2 rings (SSSR count). The molecule has 0 saturated heterocycles. The Hall–Kier alpha value is -2.33. The van der Waals surface area contributed by atoms with Gasteiger partial charge in [-0.15, -0.1) is 0 Å². The molecule has 0 aliphatic heterocycles. The van der Waals surface area contributed by atoms with Crippen molar-refractivity contribution >= 4 is 6.09 Å². The number of aliphatic hydroxyl groups excluding tert-OH is 1. The van der Waals surface area contributed by atoms with E-state index in [1.165, 1.54) is 11.1 Å². The first kappa shape index (κ1) is 24.7. The quantitative estimate of drug-likeness (QED) is 0.713. The molecule has 1 atom stereocenters. The summed E-state index contributed by atoms with van der Waals surface area (Å²) in [6.07, 6.45) is 0.247. The molecule has 0 saturated carbocycles. The van der Waals surface area contributed by atoms with Crippen molar-refractivity contribution in [2.75, 3.05) is 7.11 Å². The van der Waals surface area contributed by atoms with Gasteiger partial charge in [0.2, 0.25) is 0 Å². The smallest absolute Gasteiger partial charge is 0.407 e. The van der Waals surface area contributed by atoms with Gasteiger partial charge in [0.25, 0.3) is 0 Å². The Morgan fingerprint density at radius 2 is 1.59 bits per heavy atom. The molecule has 0 radical (unpaired) electrons. The van der Waals surface area contributed by atoms with Crippen LogP contribution in [-0.4, -0.2) is 24.4 Å². The average molecular weight is 376 g/mol. The van der Waals surface area contributed by atoms with E-state index in [0.29, 0.717) is 6.54 Å². The van der Waals surface area contributed by atoms with Gasteiger partial charge in [-0.25, -0.2) is 4.79 Å². The highest BCUT2D eigenvalue weighted by molar-refractivity contribution is 5.67. The van der Waals surface area contributed by atoms with Crippen LogP contribution in [0.5, 0.6) is 0 Å². The number of carbonyl (C=O) groups excluding carboxylic acids is 1. The number of ether oxygens (including phenoxy) is 1. The zero-order valence-electron chi connectivity index (χ0n) is 17.5. The van der Waals surface area contributed by atoms with E-state index in [2.05, 4.69) is 38.2 Å². The molecule has 1 amide bonds. The lowest BCUT2D eigenvalue weighted by Gasteiger charge is -2.22. The van der Waals surface area contributed by atoms with Gasteiger partial charge in [-0.3, -0.25) is 0 Å². The SMILES string of the molecule is CC.CO.Cc1ccccc1C[C@@H](OC(=O)NCc1ccccc1)C(C)C.[HH]. The van der Waals surface area contributed by atoms with Crippen LogP contribution in [0.1, 0.15) is 45.8 Å². The Bertz CT molecular complexity index is 633. The molecule has 27 heavy (non-hydrogen) atoms. The van der Waals surface area contributed by atoms with Crippen LogP contribution in [0.25, 0.3) is 0 Å². The molecule has 4 nitrogen and oxygen atoms in total. The van der Waals surface area contributed by atoms with E-state index in [1.54, 1.807) is 0 Å². The van der Waals surface area contributed by atoms with E-state index in [9.17, 15) is 4.79 Å². The van der Waals surface area contributed by atoms with Crippen LogP contribution in [-0.2, 0) is 17.7 Å². The molecule has 2 aromatic carbocycles. The van der Waals surface area contributed by atoms with Crippen molar-refractivity contribution in [2.24, 2.45) is 5.92 Å². The predicted octanol–water partition coefficient (Wildman–Crippen LogP) is 5.37. The highest BCUT2D eigenvalue weighted by Crippen LogP contribution is 2.17. The van der Waals surface area contributed by atoms with E-state index in [1.807, 2.05) is 56.3 Å². The molecule has 152 valence electrons. The molecule has 0 bridgehead atoms. The largest absolute Gasteiger partial charge is 0.446 e. The van der Waals surface area contributed by atoms with Crippen molar-refractivity contribution in [3.63, 3.8) is 0 Å². The third-order valence-electron chi connectivity index (χ3n) is 3.96. The van der Waals surface area contributed by atoms with Gasteiger partial charge < -0.3 is 15.2 Å². The van der Waals surface area contributed by atoms with Gasteiger partial charge in [-0.2, -0.15) is 0 Å². The number of alkyl carbamates (subject to hydrolysis) is 1. The number of hydrogen-bond donors (Lipinski definition) is 2. The van der Waals surface area contributed by atoms with Gasteiger partial charge in [0.05, 0.1) is 0 Å². The summed E-state index contributed by atoms with van der Waals surface area (Å²) in [5.74, 6) is 0.261. The lowest BCUT2D eigenvalue weighted by Crippen LogP contribution is -2.32. The second kappa shape index (κ2) is 14.8. The summed E-state index contributed by atoms with van der Waals surface area (Å²) < 4.78 is 5.64. The maximum absolute atomic E-state index is 12.1. The molecule has 0 fully saturated rings. The molecule has 0 unspecified atom stereocenters.